The molecule has 2 fully saturated rings. The Balaban J connectivity index is 1.21. The Labute approximate surface area is 160 Å². The minimum Gasteiger partial charge on any atom is -0.487 e. The van der Waals surface area contributed by atoms with E-state index >= 15 is 0 Å². The molecular weight excluding hydrogens is 338 g/mol. The Bertz CT molecular complexity index is 783. The van der Waals surface area contributed by atoms with Crippen molar-refractivity contribution >= 4 is 0 Å². The Morgan fingerprint density at radius 1 is 1.11 bits per heavy atom. The third-order valence-electron chi connectivity index (χ3n) is 6.50. The summed E-state index contributed by atoms with van der Waals surface area (Å²) in [7, 11) is 0. The molecule has 1 spiro atoms. The zero-order chi connectivity index (χ0) is 18.1. The summed E-state index contributed by atoms with van der Waals surface area (Å²) in [4.78, 5) is 11.1. The van der Waals surface area contributed by atoms with Crippen LogP contribution in [-0.4, -0.2) is 39.6 Å². The summed E-state index contributed by atoms with van der Waals surface area (Å²) in [5.41, 5.74) is 1.31. The molecule has 5 rings (SSSR count). The van der Waals surface area contributed by atoms with E-state index in [-0.39, 0.29) is 5.60 Å². The quantitative estimate of drug-likeness (QED) is 0.825. The van der Waals surface area contributed by atoms with Gasteiger partial charge in [-0.1, -0.05) is 6.42 Å². The van der Waals surface area contributed by atoms with Crippen LogP contribution in [0.3, 0.4) is 0 Å². The summed E-state index contributed by atoms with van der Waals surface area (Å²) in [6.07, 6.45) is 12.2. The van der Waals surface area contributed by atoms with Crippen molar-refractivity contribution in [2.75, 3.05) is 13.1 Å². The standard InChI is InChI=1S/C22H27N3O2/c1-3-18(4-1)25-13-9-22(10-14-25)8-7-17-15-19(5-6-20(17)27-22)26-16-21-23-11-2-12-24-21/h2,5-6,11-12,15,18H,1,3-4,7-10,13-14,16H2. The number of ether oxygens (including phenoxy) is 2. The van der Waals surface area contributed by atoms with Crippen LogP contribution in [0.2, 0.25) is 0 Å². The van der Waals surface area contributed by atoms with E-state index in [1.807, 2.05) is 12.1 Å². The third kappa shape index (κ3) is 3.53. The fourth-order valence-corrected chi connectivity index (χ4v) is 4.54. The van der Waals surface area contributed by atoms with Gasteiger partial charge in [-0.3, -0.25) is 0 Å². The van der Waals surface area contributed by atoms with Gasteiger partial charge in [0.15, 0.2) is 5.82 Å². The van der Waals surface area contributed by atoms with Crippen LogP contribution in [0, 0.1) is 0 Å². The highest BCUT2D eigenvalue weighted by Gasteiger charge is 2.41. The van der Waals surface area contributed by atoms with Crippen LogP contribution in [0.25, 0.3) is 0 Å². The predicted octanol–water partition coefficient (Wildman–Crippen LogP) is 3.77. The lowest BCUT2D eigenvalue weighted by Crippen LogP contribution is -2.53. The third-order valence-corrected chi connectivity index (χ3v) is 6.50. The van der Waals surface area contributed by atoms with E-state index in [1.165, 1.54) is 37.9 Å². The van der Waals surface area contributed by atoms with Gasteiger partial charge in [0.2, 0.25) is 0 Å². The molecule has 142 valence electrons. The van der Waals surface area contributed by atoms with E-state index in [9.17, 15) is 0 Å². The number of aryl methyl sites for hydroxylation is 1. The molecule has 3 aliphatic rings. The zero-order valence-electron chi connectivity index (χ0n) is 15.8. The van der Waals surface area contributed by atoms with E-state index in [4.69, 9.17) is 9.47 Å². The molecule has 3 heterocycles. The first-order valence-corrected chi connectivity index (χ1v) is 10.2. The second-order valence-electron chi connectivity index (χ2n) is 8.13. The Morgan fingerprint density at radius 2 is 1.93 bits per heavy atom. The number of rotatable bonds is 4. The van der Waals surface area contributed by atoms with Crippen molar-refractivity contribution in [2.45, 2.75) is 63.2 Å². The number of fused-ring (bicyclic) bond motifs is 1. The second kappa shape index (κ2) is 7.12. The molecule has 0 amide bonds. The molecule has 5 nitrogen and oxygen atoms in total. The largest absolute Gasteiger partial charge is 0.487 e. The number of benzene rings is 1. The number of aromatic nitrogens is 2. The molecular formula is C22H27N3O2. The lowest BCUT2D eigenvalue weighted by molar-refractivity contribution is -0.0337. The molecule has 1 aromatic carbocycles. The molecule has 0 unspecified atom stereocenters. The maximum Gasteiger partial charge on any atom is 0.166 e. The minimum atomic E-state index is 0.0491. The fraction of sp³-hybridized carbons (Fsp3) is 0.545. The lowest BCUT2D eigenvalue weighted by Gasteiger charge is -2.48. The monoisotopic (exact) mass is 365 g/mol. The van der Waals surface area contributed by atoms with Crippen LogP contribution in [0.4, 0.5) is 0 Å². The van der Waals surface area contributed by atoms with Gasteiger partial charge < -0.3 is 14.4 Å². The topological polar surface area (TPSA) is 47.5 Å². The summed E-state index contributed by atoms with van der Waals surface area (Å²) in [5, 5.41) is 0. The SMILES string of the molecule is c1cnc(COc2ccc3c(c2)CCC2(CCN(C4CCC4)CC2)O3)nc1. The number of piperidine rings is 1. The first-order valence-electron chi connectivity index (χ1n) is 10.2. The molecule has 0 N–H and O–H groups in total. The fourth-order valence-electron chi connectivity index (χ4n) is 4.54. The molecule has 1 saturated carbocycles. The Kier molecular flexibility index (Phi) is 4.48. The van der Waals surface area contributed by atoms with Gasteiger partial charge >= 0.3 is 0 Å². The van der Waals surface area contributed by atoms with Gasteiger partial charge in [0, 0.05) is 31.5 Å². The highest BCUT2D eigenvalue weighted by atomic mass is 16.5. The van der Waals surface area contributed by atoms with Crippen LogP contribution in [0.15, 0.2) is 36.7 Å². The van der Waals surface area contributed by atoms with Crippen LogP contribution < -0.4 is 9.47 Å². The predicted molar refractivity (Wildman–Crippen MR) is 103 cm³/mol. The smallest absolute Gasteiger partial charge is 0.166 e. The van der Waals surface area contributed by atoms with Crippen LogP contribution in [0.5, 0.6) is 11.5 Å². The molecule has 2 aliphatic heterocycles. The van der Waals surface area contributed by atoms with Crippen molar-refractivity contribution in [3.63, 3.8) is 0 Å². The molecule has 2 aromatic rings. The van der Waals surface area contributed by atoms with E-state index in [0.29, 0.717) is 12.4 Å². The molecule has 1 aliphatic carbocycles. The van der Waals surface area contributed by atoms with Gasteiger partial charge in [0.1, 0.15) is 23.7 Å². The minimum absolute atomic E-state index is 0.0491. The zero-order valence-corrected chi connectivity index (χ0v) is 15.8. The van der Waals surface area contributed by atoms with E-state index in [1.54, 1.807) is 12.4 Å². The lowest BCUT2D eigenvalue weighted by atomic mass is 9.81. The van der Waals surface area contributed by atoms with Crippen molar-refractivity contribution in [2.24, 2.45) is 0 Å². The van der Waals surface area contributed by atoms with Gasteiger partial charge in [0.05, 0.1) is 0 Å². The number of likely N-dealkylation sites (tertiary alicyclic amines) is 1. The van der Waals surface area contributed by atoms with Crippen molar-refractivity contribution in [3.05, 3.63) is 48.0 Å². The second-order valence-corrected chi connectivity index (χ2v) is 8.13. The number of hydrogen-bond donors (Lipinski definition) is 0. The van der Waals surface area contributed by atoms with Crippen LogP contribution >= 0.6 is 0 Å². The van der Waals surface area contributed by atoms with Gasteiger partial charge in [-0.05, 0) is 68.4 Å². The summed E-state index contributed by atoms with van der Waals surface area (Å²) in [6.45, 7) is 2.78. The van der Waals surface area contributed by atoms with E-state index < -0.39 is 0 Å². The van der Waals surface area contributed by atoms with Gasteiger partial charge in [-0.25, -0.2) is 9.97 Å². The summed E-state index contributed by atoms with van der Waals surface area (Å²) in [6, 6.07) is 8.87. The highest BCUT2D eigenvalue weighted by Crippen LogP contribution is 2.41. The van der Waals surface area contributed by atoms with Crippen molar-refractivity contribution < 1.29 is 9.47 Å². The van der Waals surface area contributed by atoms with E-state index in [0.717, 1.165) is 43.2 Å². The number of hydrogen-bond acceptors (Lipinski definition) is 5. The molecule has 0 radical (unpaired) electrons. The van der Waals surface area contributed by atoms with Gasteiger partial charge in [-0.15, -0.1) is 0 Å². The normalized spacial score (nSPS) is 21.9. The van der Waals surface area contributed by atoms with E-state index in [2.05, 4.69) is 27.0 Å². The van der Waals surface area contributed by atoms with Gasteiger partial charge in [0.25, 0.3) is 0 Å². The molecule has 1 aromatic heterocycles. The first kappa shape index (κ1) is 17.0. The van der Waals surface area contributed by atoms with Gasteiger partial charge in [-0.2, -0.15) is 0 Å². The highest BCUT2D eigenvalue weighted by molar-refractivity contribution is 5.42. The van der Waals surface area contributed by atoms with Crippen LogP contribution in [-0.2, 0) is 13.0 Å². The maximum absolute atomic E-state index is 6.55. The van der Waals surface area contributed by atoms with Crippen molar-refractivity contribution in [1.29, 1.82) is 0 Å². The van der Waals surface area contributed by atoms with Crippen LogP contribution in [0.1, 0.15) is 49.9 Å². The molecule has 27 heavy (non-hydrogen) atoms. The van der Waals surface area contributed by atoms with Crippen molar-refractivity contribution in [1.82, 2.24) is 14.9 Å². The summed E-state index contributed by atoms with van der Waals surface area (Å²) < 4.78 is 12.4. The maximum atomic E-state index is 6.55. The Morgan fingerprint density at radius 3 is 2.67 bits per heavy atom. The average Bonchev–Trinajstić information content (AvgIpc) is 2.68. The molecule has 0 bridgehead atoms. The first-order chi connectivity index (χ1) is 13.3. The van der Waals surface area contributed by atoms with Crippen molar-refractivity contribution in [3.8, 4) is 11.5 Å². The summed E-state index contributed by atoms with van der Waals surface area (Å²) in [5.74, 6) is 2.60. The molecule has 0 atom stereocenters. The number of nitrogens with zero attached hydrogens (tertiary/aromatic N) is 3. The summed E-state index contributed by atoms with van der Waals surface area (Å²) >= 11 is 0. The Hall–Kier alpha value is -2.14. The molecule has 5 heteroatoms. The molecule has 1 saturated heterocycles. The average molecular weight is 365 g/mol.